The zero-order chi connectivity index (χ0) is 17.2. The Morgan fingerprint density at radius 2 is 1.84 bits per heavy atom. The van der Waals surface area contributed by atoms with Gasteiger partial charge < -0.3 is 10.5 Å². The van der Waals surface area contributed by atoms with E-state index < -0.39 is 6.17 Å². The fraction of sp³-hybridized carbons (Fsp3) is 0.429. The van der Waals surface area contributed by atoms with Crippen molar-refractivity contribution < 1.29 is 9.13 Å². The average molecular weight is 340 g/mol. The van der Waals surface area contributed by atoms with Gasteiger partial charge in [-0.15, -0.1) is 0 Å². The van der Waals surface area contributed by atoms with Crippen LogP contribution in [-0.4, -0.2) is 18.1 Å². The van der Waals surface area contributed by atoms with Crippen molar-refractivity contribution in [2.75, 3.05) is 13.2 Å². The molecule has 0 saturated heterocycles. The molecule has 1 aliphatic carbocycles. The smallest absolute Gasteiger partial charge is 0.138 e. The van der Waals surface area contributed by atoms with Gasteiger partial charge in [-0.2, -0.15) is 0 Å². The Balaban J connectivity index is 1.42. The Kier molecular flexibility index (Phi) is 4.73. The van der Waals surface area contributed by atoms with Crippen molar-refractivity contribution in [1.29, 1.82) is 0 Å². The van der Waals surface area contributed by atoms with E-state index in [-0.39, 0.29) is 0 Å². The summed E-state index contributed by atoms with van der Waals surface area (Å²) in [7, 11) is 0. The van der Waals surface area contributed by atoms with Gasteiger partial charge in [0.25, 0.3) is 0 Å². The van der Waals surface area contributed by atoms with Crippen molar-refractivity contribution in [3.05, 3.63) is 64.7 Å². The average Bonchev–Trinajstić information content (AvgIpc) is 3.45. The highest BCUT2D eigenvalue weighted by Gasteiger charge is 2.26. The lowest BCUT2D eigenvalue weighted by Crippen LogP contribution is -2.31. The maximum atomic E-state index is 14.7. The van der Waals surface area contributed by atoms with E-state index in [1.165, 1.54) is 18.4 Å². The number of hydrogen-bond donors (Lipinski definition) is 1. The summed E-state index contributed by atoms with van der Waals surface area (Å²) in [5, 5.41) is 0. The first-order chi connectivity index (χ1) is 12.2. The molecule has 132 valence electrons. The Hall–Kier alpha value is -1.91. The van der Waals surface area contributed by atoms with Gasteiger partial charge in [0.15, 0.2) is 0 Å². The minimum absolute atomic E-state index is 0.428. The summed E-state index contributed by atoms with van der Waals surface area (Å²) in [6.45, 7) is 3.27. The zero-order valence-corrected chi connectivity index (χ0v) is 14.5. The first-order valence-corrected chi connectivity index (χ1v) is 9.11. The summed E-state index contributed by atoms with van der Waals surface area (Å²) in [5.74, 6) is 1.51. The van der Waals surface area contributed by atoms with E-state index in [4.69, 9.17) is 10.5 Å². The molecule has 0 spiro atoms. The number of fused-ring (bicyclic) bond motifs is 1. The lowest BCUT2D eigenvalue weighted by molar-refractivity contribution is 0.158. The van der Waals surface area contributed by atoms with E-state index in [1.54, 1.807) is 0 Å². The Labute approximate surface area is 148 Å². The maximum absolute atomic E-state index is 14.7. The molecule has 1 fully saturated rings. The molecule has 2 aromatic carbocycles. The zero-order valence-electron chi connectivity index (χ0n) is 14.5. The third-order valence-electron chi connectivity index (χ3n) is 5.11. The largest absolute Gasteiger partial charge is 0.493 e. The number of halogens is 1. The lowest BCUT2D eigenvalue weighted by atomic mass is 9.97. The second-order valence-corrected chi connectivity index (χ2v) is 7.27. The molecule has 0 radical (unpaired) electrons. The van der Waals surface area contributed by atoms with Gasteiger partial charge in [-0.25, -0.2) is 4.39 Å². The Bertz CT molecular complexity index is 727. The minimum atomic E-state index is -0.962. The van der Waals surface area contributed by atoms with E-state index in [2.05, 4.69) is 17.0 Å². The van der Waals surface area contributed by atoms with E-state index in [9.17, 15) is 4.39 Å². The van der Waals surface area contributed by atoms with Crippen molar-refractivity contribution in [2.24, 2.45) is 11.7 Å². The number of alkyl halides is 1. The standard InChI is InChI=1S/C21H25FN2O/c22-21-13-24(11-16-3-1-15(10-23)2-4-16)12-18-7-8-19(9-20(18)21)25-14-17-5-6-17/h1-4,7-9,17,21H,5-6,10-14,23H2. The molecule has 4 heteroatoms. The SMILES string of the molecule is NCc1ccc(CN2Cc3ccc(OCC4CC4)cc3C(F)C2)cc1. The van der Waals surface area contributed by atoms with E-state index in [1.807, 2.05) is 30.3 Å². The van der Waals surface area contributed by atoms with Gasteiger partial charge in [0.2, 0.25) is 0 Å². The summed E-state index contributed by atoms with van der Waals surface area (Å²) in [5.41, 5.74) is 9.81. The van der Waals surface area contributed by atoms with Crippen LogP contribution in [0.3, 0.4) is 0 Å². The van der Waals surface area contributed by atoms with Gasteiger partial charge >= 0.3 is 0 Å². The van der Waals surface area contributed by atoms with Crippen LogP contribution in [0.15, 0.2) is 42.5 Å². The highest BCUT2D eigenvalue weighted by atomic mass is 19.1. The van der Waals surface area contributed by atoms with E-state index >= 15 is 0 Å². The Morgan fingerprint density at radius 1 is 1.08 bits per heavy atom. The molecule has 1 saturated carbocycles. The van der Waals surface area contributed by atoms with Crippen LogP contribution >= 0.6 is 0 Å². The molecular weight excluding hydrogens is 315 g/mol. The van der Waals surface area contributed by atoms with Crippen LogP contribution in [0.4, 0.5) is 4.39 Å². The van der Waals surface area contributed by atoms with Crippen LogP contribution in [0.5, 0.6) is 5.75 Å². The molecule has 0 amide bonds. The fourth-order valence-corrected chi connectivity index (χ4v) is 3.39. The summed E-state index contributed by atoms with van der Waals surface area (Å²) in [4.78, 5) is 2.16. The normalized spacial score (nSPS) is 20.3. The highest BCUT2D eigenvalue weighted by molar-refractivity contribution is 5.39. The van der Waals surface area contributed by atoms with Gasteiger partial charge in [0.05, 0.1) is 6.61 Å². The molecule has 1 unspecified atom stereocenters. The molecule has 3 nitrogen and oxygen atoms in total. The predicted octanol–water partition coefficient (Wildman–Crippen LogP) is 3.96. The van der Waals surface area contributed by atoms with Gasteiger partial charge in [-0.3, -0.25) is 4.90 Å². The topological polar surface area (TPSA) is 38.5 Å². The molecule has 0 bridgehead atoms. The first-order valence-electron chi connectivity index (χ1n) is 9.11. The van der Waals surface area contributed by atoms with Gasteiger partial charge in [0.1, 0.15) is 11.9 Å². The summed E-state index contributed by atoms with van der Waals surface area (Å²) in [6, 6.07) is 14.2. The van der Waals surface area contributed by atoms with Crippen LogP contribution < -0.4 is 10.5 Å². The summed E-state index contributed by atoms with van der Waals surface area (Å²) < 4.78 is 20.5. The second kappa shape index (κ2) is 7.14. The number of ether oxygens (including phenoxy) is 1. The molecule has 1 aliphatic heterocycles. The molecule has 25 heavy (non-hydrogen) atoms. The molecule has 2 aliphatic rings. The monoisotopic (exact) mass is 340 g/mol. The molecule has 0 aromatic heterocycles. The summed E-state index contributed by atoms with van der Waals surface area (Å²) >= 11 is 0. The molecule has 1 atom stereocenters. The third kappa shape index (κ3) is 4.02. The minimum Gasteiger partial charge on any atom is -0.493 e. The van der Waals surface area contributed by atoms with Crippen LogP contribution in [0.2, 0.25) is 0 Å². The third-order valence-corrected chi connectivity index (χ3v) is 5.11. The Morgan fingerprint density at radius 3 is 2.56 bits per heavy atom. The van der Waals surface area contributed by atoms with Crippen molar-refractivity contribution in [1.82, 2.24) is 4.90 Å². The van der Waals surface area contributed by atoms with Gasteiger partial charge in [0, 0.05) is 26.2 Å². The highest BCUT2D eigenvalue weighted by Crippen LogP contribution is 2.34. The fourth-order valence-electron chi connectivity index (χ4n) is 3.39. The van der Waals surface area contributed by atoms with Crippen molar-refractivity contribution >= 4 is 0 Å². The molecule has 2 aromatic rings. The second-order valence-electron chi connectivity index (χ2n) is 7.27. The summed E-state index contributed by atoms with van der Waals surface area (Å²) in [6.07, 6.45) is 1.56. The number of benzene rings is 2. The predicted molar refractivity (Wildman–Crippen MR) is 97.0 cm³/mol. The quantitative estimate of drug-likeness (QED) is 0.865. The van der Waals surface area contributed by atoms with Crippen molar-refractivity contribution in [3.8, 4) is 5.75 Å². The molecule has 2 N–H and O–H groups in total. The maximum Gasteiger partial charge on any atom is 0.138 e. The number of nitrogens with two attached hydrogens (primary N) is 1. The van der Waals surface area contributed by atoms with Crippen LogP contribution in [0.25, 0.3) is 0 Å². The van der Waals surface area contributed by atoms with Crippen LogP contribution in [0, 0.1) is 5.92 Å². The number of hydrogen-bond acceptors (Lipinski definition) is 3. The van der Waals surface area contributed by atoms with Gasteiger partial charge in [-0.1, -0.05) is 30.3 Å². The van der Waals surface area contributed by atoms with E-state index in [0.29, 0.717) is 19.0 Å². The lowest BCUT2D eigenvalue weighted by Gasteiger charge is -2.31. The van der Waals surface area contributed by atoms with Crippen molar-refractivity contribution in [2.45, 2.75) is 38.6 Å². The molecular formula is C21H25FN2O. The van der Waals surface area contributed by atoms with Gasteiger partial charge in [-0.05, 0) is 53.1 Å². The molecule has 4 rings (SSSR count). The molecule has 1 heterocycles. The van der Waals surface area contributed by atoms with Crippen molar-refractivity contribution in [3.63, 3.8) is 0 Å². The van der Waals surface area contributed by atoms with Crippen LogP contribution in [-0.2, 0) is 19.6 Å². The number of nitrogens with zero attached hydrogens (tertiary/aromatic N) is 1. The van der Waals surface area contributed by atoms with Crippen LogP contribution in [0.1, 0.15) is 41.3 Å². The number of rotatable bonds is 6. The van der Waals surface area contributed by atoms with E-state index in [0.717, 1.165) is 42.1 Å². The first kappa shape index (κ1) is 16.6.